The van der Waals surface area contributed by atoms with Crippen LogP contribution in [0.5, 0.6) is 5.75 Å². The van der Waals surface area contributed by atoms with E-state index in [4.69, 9.17) is 16.3 Å². The van der Waals surface area contributed by atoms with E-state index in [2.05, 4.69) is 10.0 Å². The molecule has 1 aliphatic rings. The number of hydrogen-bond donors (Lipinski definition) is 2. The Morgan fingerprint density at radius 2 is 1.58 bits per heavy atom. The largest absolute Gasteiger partial charge is 0.497 e. The van der Waals surface area contributed by atoms with Gasteiger partial charge in [0.25, 0.3) is 10.0 Å². The Morgan fingerprint density at radius 1 is 0.947 bits per heavy atom. The molecule has 0 bridgehead atoms. The van der Waals surface area contributed by atoms with Gasteiger partial charge in [-0.2, -0.15) is 0 Å². The molecule has 202 valence electrons. The van der Waals surface area contributed by atoms with Gasteiger partial charge in [-0.25, -0.2) is 21.1 Å². The smallest absolute Gasteiger partial charge is 0.261 e. The van der Waals surface area contributed by atoms with Crippen LogP contribution in [-0.2, 0) is 30.6 Å². The van der Waals surface area contributed by atoms with Crippen molar-refractivity contribution in [1.82, 2.24) is 4.31 Å². The van der Waals surface area contributed by atoms with Crippen LogP contribution in [0.4, 0.5) is 11.4 Å². The maximum Gasteiger partial charge on any atom is 0.261 e. The molecule has 0 radical (unpaired) electrons. The number of piperidine rings is 1. The van der Waals surface area contributed by atoms with Crippen molar-refractivity contribution in [3.05, 3.63) is 83.4 Å². The number of benzene rings is 3. The number of nitrogens with zero attached hydrogens (tertiary/aromatic N) is 1. The maximum absolute atomic E-state index is 12.8. The summed E-state index contributed by atoms with van der Waals surface area (Å²) < 4.78 is 60.0. The summed E-state index contributed by atoms with van der Waals surface area (Å²) in [5.41, 5.74) is 1.46. The molecule has 0 atom stereocenters. The van der Waals surface area contributed by atoms with E-state index in [1.807, 2.05) is 0 Å². The SMILES string of the molecule is COc1ccc(NS(=O)(=O)c2ccc(NC(=O)C3CCN(S(=O)(=O)Cc4cccc(Cl)c4)CC3)cc2)cc1. The summed E-state index contributed by atoms with van der Waals surface area (Å²) in [4.78, 5) is 12.8. The van der Waals surface area contributed by atoms with E-state index in [9.17, 15) is 21.6 Å². The van der Waals surface area contributed by atoms with Gasteiger partial charge in [0.05, 0.1) is 17.8 Å². The zero-order chi connectivity index (χ0) is 27.3. The maximum atomic E-state index is 12.8. The van der Waals surface area contributed by atoms with E-state index in [1.54, 1.807) is 48.5 Å². The Kier molecular flexibility index (Phi) is 8.61. The fourth-order valence-electron chi connectivity index (χ4n) is 4.16. The van der Waals surface area contributed by atoms with Crippen LogP contribution in [-0.4, -0.2) is 47.2 Å². The van der Waals surface area contributed by atoms with Gasteiger partial charge < -0.3 is 10.1 Å². The molecule has 12 heteroatoms. The molecule has 3 aromatic carbocycles. The molecule has 0 aromatic heterocycles. The minimum Gasteiger partial charge on any atom is -0.497 e. The molecule has 2 N–H and O–H groups in total. The minimum atomic E-state index is -3.82. The predicted octanol–water partition coefficient (Wildman–Crippen LogP) is 4.33. The van der Waals surface area contributed by atoms with Crippen LogP contribution in [0.3, 0.4) is 0 Å². The van der Waals surface area contributed by atoms with E-state index in [1.165, 1.54) is 35.7 Å². The first-order valence-corrected chi connectivity index (χ1v) is 15.3. The topological polar surface area (TPSA) is 122 Å². The number of carbonyl (C=O) groups is 1. The highest BCUT2D eigenvalue weighted by Crippen LogP contribution is 2.25. The van der Waals surface area contributed by atoms with Crippen molar-refractivity contribution in [1.29, 1.82) is 0 Å². The monoisotopic (exact) mass is 577 g/mol. The number of amides is 1. The average Bonchev–Trinajstić information content (AvgIpc) is 2.89. The molecule has 1 fully saturated rings. The number of nitrogens with one attached hydrogen (secondary N) is 2. The van der Waals surface area contributed by atoms with Crippen LogP contribution in [0.25, 0.3) is 0 Å². The molecule has 1 aliphatic heterocycles. The van der Waals surface area contributed by atoms with Gasteiger partial charge in [-0.15, -0.1) is 0 Å². The van der Waals surface area contributed by atoms with E-state index >= 15 is 0 Å². The number of hydrogen-bond acceptors (Lipinski definition) is 6. The highest BCUT2D eigenvalue weighted by Gasteiger charge is 2.31. The Bertz CT molecular complexity index is 1490. The van der Waals surface area contributed by atoms with Gasteiger partial charge in [0.15, 0.2) is 0 Å². The quantitative estimate of drug-likeness (QED) is 0.390. The Labute approximate surface area is 227 Å². The number of rotatable bonds is 9. The van der Waals surface area contributed by atoms with Crippen LogP contribution >= 0.6 is 11.6 Å². The lowest BCUT2D eigenvalue weighted by Crippen LogP contribution is -2.41. The molecule has 38 heavy (non-hydrogen) atoms. The van der Waals surface area contributed by atoms with Crippen molar-refractivity contribution in [3.63, 3.8) is 0 Å². The van der Waals surface area contributed by atoms with Crippen molar-refractivity contribution >= 4 is 48.9 Å². The highest BCUT2D eigenvalue weighted by molar-refractivity contribution is 7.92. The van der Waals surface area contributed by atoms with Crippen molar-refractivity contribution in [2.75, 3.05) is 30.2 Å². The molecular weight excluding hydrogens is 550 g/mol. The van der Waals surface area contributed by atoms with Crippen LogP contribution < -0.4 is 14.8 Å². The van der Waals surface area contributed by atoms with E-state index in [-0.39, 0.29) is 35.6 Å². The van der Waals surface area contributed by atoms with Crippen molar-refractivity contribution < 1.29 is 26.4 Å². The first-order valence-electron chi connectivity index (χ1n) is 11.9. The van der Waals surface area contributed by atoms with Crippen molar-refractivity contribution in [2.24, 2.45) is 5.92 Å². The number of anilines is 2. The minimum absolute atomic E-state index is 0.0459. The number of sulfonamides is 2. The summed E-state index contributed by atoms with van der Waals surface area (Å²) >= 11 is 5.96. The fourth-order valence-corrected chi connectivity index (χ4v) is 6.98. The second-order valence-electron chi connectivity index (χ2n) is 8.91. The van der Waals surface area contributed by atoms with Gasteiger partial charge in [0, 0.05) is 35.4 Å². The molecule has 1 saturated heterocycles. The molecule has 1 heterocycles. The second kappa shape index (κ2) is 11.7. The van der Waals surface area contributed by atoms with Gasteiger partial charge in [-0.05, 0) is 79.1 Å². The third-order valence-corrected chi connectivity index (χ3v) is 9.71. The Hall–Kier alpha value is -3.12. The Morgan fingerprint density at radius 3 is 2.18 bits per heavy atom. The van der Waals surface area contributed by atoms with Gasteiger partial charge in [0.1, 0.15) is 5.75 Å². The van der Waals surface area contributed by atoms with Crippen LogP contribution in [0.1, 0.15) is 18.4 Å². The van der Waals surface area contributed by atoms with E-state index in [0.29, 0.717) is 40.6 Å². The lowest BCUT2D eigenvalue weighted by molar-refractivity contribution is -0.120. The van der Waals surface area contributed by atoms with E-state index < -0.39 is 20.0 Å². The fraction of sp³-hybridized carbons (Fsp3) is 0.269. The number of carbonyl (C=O) groups excluding carboxylic acids is 1. The lowest BCUT2D eigenvalue weighted by Gasteiger charge is -2.30. The zero-order valence-corrected chi connectivity index (χ0v) is 23.0. The van der Waals surface area contributed by atoms with Gasteiger partial charge in [-0.1, -0.05) is 23.7 Å². The first kappa shape index (κ1) is 27.9. The number of methoxy groups -OCH3 is 1. The molecule has 0 unspecified atom stereocenters. The zero-order valence-electron chi connectivity index (χ0n) is 20.6. The number of ether oxygens (including phenoxy) is 1. The molecule has 0 saturated carbocycles. The summed E-state index contributed by atoms with van der Waals surface area (Å²) in [6.45, 7) is 0.490. The summed E-state index contributed by atoms with van der Waals surface area (Å²) in [6.07, 6.45) is 0.776. The third-order valence-electron chi connectivity index (χ3n) is 6.23. The summed E-state index contributed by atoms with van der Waals surface area (Å²) in [5, 5.41) is 3.28. The molecule has 1 amide bonds. The first-order chi connectivity index (χ1) is 18.1. The molecule has 4 rings (SSSR count). The van der Waals surface area contributed by atoms with Crippen LogP contribution in [0, 0.1) is 5.92 Å². The summed E-state index contributed by atoms with van der Waals surface area (Å²) in [5.74, 6) is -0.123. The average molecular weight is 578 g/mol. The molecule has 3 aromatic rings. The van der Waals surface area contributed by atoms with E-state index in [0.717, 1.165) is 0 Å². The van der Waals surface area contributed by atoms with Gasteiger partial charge >= 0.3 is 0 Å². The number of halogens is 1. The standard InChI is InChI=1S/C26H28ClN3O6S2/c1-36-24-9-5-23(6-10-24)29-38(34,35)25-11-7-22(8-12-25)28-26(31)20-13-15-30(16-14-20)37(32,33)18-19-3-2-4-21(27)17-19/h2-12,17,20,29H,13-16,18H2,1H3,(H,28,31). The van der Waals surface area contributed by atoms with Gasteiger partial charge in [-0.3, -0.25) is 9.52 Å². The molecule has 0 aliphatic carbocycles. The third kappa shape index (κ3) is 7.04. The lowest BCUT2D eigenvalue weighted by atomic mass is 9.97. The highest BCUT2D eigenvalue weighted by atomic mass is 35.5. The Balaban J connectivity index is 1.31. The van der Waals surface area contributed by atoms with Crippen molar-refractivity contribution in [2.45, 2.75) is 23.5 Å². The summed E-state index contributed by atoms with van der Waals surface area (Å²) in [6, 6.07) is 19.1. The molecule has 9 nitrogen and oxygen atoms in total. The van der Waals surface area contributed by atoms with Crippen LogP contribution in [0.15, 0.2) is 77.7 Å². The normalized spacial score (nSPS) is 15.1. The van der Waals surface area contributed by atoms with Crippen LogP contribution in [0.2, 0.25) is 5.02 Å². The second-order valence-corrected chi connectivity index (χ2v) is 13.0. The van der Waals surface area contributed by atoms with Crippen molar-refractivity contribution in [3.8, 4) is 5.75 Å². The summed E-state index contributed by atoms with van der Waals surface area (Å²) in [7, 11) is -5.82. The predicted molar refractivity (Wildman–Crippen MR) is 147 cm³/mol. The molecular formula is C26H28ClN3O6S2. The van der Waals surface area contributed by atoms with Gasteiger partial charge in [0.2, 0.25) is 15.9 Å². The molecule has 0 spiro atoms.